The van der Waals surface area contributed by atoms with Crippen molar-refractivity contribution in [3.8, 4) is 11.5 Å². The number of hydrogen-bond donors (Lipinski definition) is 2. The van der Waals surface area contributed by atoms with Gasteiger partial charge in [0, 0.05) is 9.79 Å². The topological polar surface area (TPSA) is 40.5 Å². The Labute approximate surface area is 127 Å². The number of rotatable bonds is 3. The maximum Gasteiger partial charge on any atom is 0.118 e. The van der Waals surface area contributed by atoms with Gasteiger partial charge < -0.3 is 10.2 Å². The first-order valence-electron chi connectivity index (χ1n) is 6.34. The summed E-state index contributed by atoms with van der Waals surface area (Å²) >= 11 is 0. The quantitative estimate of drug-likeness (QED) is 0.771. The van der Waals surface area contributed by atoms with Crippen LogP contribution >= 0.6 is 21.6 Å². The standard InChI is InChI=1S/C16H18O2S2/c1-9-11(3)15(7-5-13(9)17)19-20-16-8-6-14(18)10(2)12(16)4/h5-8,17-18H,1-4H3. The van der Waals surface area contributed by atoms with Crippen LogP contribution < -0.4 is 0 Å². The van der Waals surface area contributed by atoms with E-state index in [-0.39, 0.29) is 0 Å². The van der Waals surface area contributed by atoms with E-state index in [0.717, 1.165) is 32.0 Å². The lowest BCUT2D eigenvalue weighted by molar-refractivity contribution is 0.469. The highest BCUT2D eigenvalue weighted by molar-refractivity contribution is 8.76. The van der Waals surface area contributed by atoms with E-state index < -0.39 is 0 Å². The lowest BCUT2D eigenvalue weighted by Gasteiger charge is -2.12. The third-order valence-corrected chi connectivity index (χ3v) is 6.29. The van der Waals surface area contributed by atoms with Crippen LogP contribution in [0.2, 0.25) is 0 Å². The van der Waals surface area contributed by atoms with Crippen molar-refractivity contribution >= 4 is 21.6 Å². The highest BCUT2D eigenvalue weighted by Gasteiger charge is 2.10. The van der Waals surface area contributed by atoms with Crippen molar-refractivity contribution < 1.29 is 10.2 Å². The minimum atomic E-state index is 0.341. The first-order chi connectivity index (χ1) is 9.41. The zero-order valence-electron chi connectivity index (χ0n) is 12.0. The van der Waals surface area contributed by atoms with Crippen LogP contribution in [0.15, 0.2) is 34.1 Å². The molecule has 0 spiro atoms. The summed E-state index contributed by atoms with van der Waals surface area (Å²) in [6, 6.07) is 7.36. The molecule has 0 saturated carbocycles. The molecule has 0 fully saturated rings. The molecule has 2 aromatic carbocycles. The van der Waals surface area contributed by atoms with Crippen molar-refractivity contribution in [3.63, 3.8) is 0 Å². The first kappa shape index (κ1) is 15.1. The first-order valence-corrected chi connectivity index (χ1v) is 8.49. The smallest absolute Gasteiger partial charge is 0.118 e. The normalized spacial score (nSPS) is 10.8. The van der Waals surface area contributed by atoms with Crippen LogP contribution in [-0.4, -0.2) is 10.2 Å². The summed E-state index contributed by atoms with van der Waals surface area (Å²) in [5.74, 6) is 0.682. The van der Waals surface area contributed by atoms with Crippen LogP contribution in [-0.2, 0) is 0 Å². The fourth-order valence-corrected chi connectivity index (χ4v) is 4.44. The predicted octanol–water partition coefficient (Wildman–Crippen LogP) is 5.13. The summed E-state index contributed by atoms with van der Waals surface area (Å²) in [5, 5.41) is 19.4. The molecule has 0 radical (unpaired) electrons. The average molecular weight is 306 g/mol. The second kappa shape index (κ2) is 6.02. The van der Waals surface area contributed by atoms with E-state index in [9.17, 15) is 10.2 Å². The summed E-state index contributed by atoms with van der Waals surface area (Å²) in [4.78, 5) is 2.30. The Balaban J connectivity index is 2.22. The number of phenolic OH excluding ortho intramolecular Hbond substituents is 2. The average Bonchev–Trinajstić information content (AvgIpc) is 2.43. The molecule has 2 aromatic rings. The Hall–Kier alpha value is -1.26. The van der Waals surface area contributed by atoms with Gasteiger partial charge in [0.2, 0.25) is 0 Å². The number of phenols is 2. The van der Waals surface area contributed by atoms with Gasteiger partial charge in [0.15, 0.2) is 0 Å². The molecule has 0 saturated heterocycles. The summed E-state index contributed by atoms with van der Waals surface area (Å²) < 4.78 is 0. The summed E-state index contributed by atoms with van der Waals surface area (Å²) in [6.07, 6.45) is 0. The highest BCUT2D eigenvalue weighted by Crippen LogP contribution is 2.43. The van der Waals surface area contributed by atoms with Gasteiger partial charge in [-0.05, 0) is 74.2 Å². The zero-order chi connectivity index (χ0) is 14.9. The van der Waals surface area contributed by atoms with Crippen molar-refractivity contribution in [2.75, 3.05) is 0 Å². The summed E-state index contributed by atoms with van der Waals surface area (Å²) in [7, 11) is 3.35. The van der Waals surface area contributed by atoms with Gasteiger partial charge >= 0.3 is 0 Å². The third-order valence-electron chi connectivity index (χ3n) is 3.64. The Morgan fingerprint density at radius 2 is 0.950 bits per heavy atom. The van der Waals surface area contributed by atoms with Crippen LogP contribution in [0.5, 0.6) is 11.5 Å². The van der Waals surface area contributed by atoms with Gasteiger partial charge in [-0.1, -0.05) is 21.6 Å². The number of benzene rings is 2. The maximum absolute atomic E-state index is 9.68. The molecule has 0 bridgehead atoms. The number of hydrogen-bond acceptors (Lipinski definition) is 4. The van der Waals surface area contributed by atoms with E-state index in [0.29, 0.717) is 11.5 Å². The van der Waals surface area contributed by atoms with Gasteiger partial charge in [0.1, 0.15) is 11.5 Å². The second-order valence-corrected chi connectivity index (χ2v) is 7.05. The maximum atomic E-state index is 9.68. The van der Waals surface area contributed by atoms with Gasteiger partial charge in [0.25, 0.3) is 0 Å². The molecule has 0 aliphatic carbocycles. The fraction of sp³-hybridized carbons (Fsp3) is 0.250. The molecule has 4 heteroatoms. The molecule has 2 rings (SSSR count). The molecule has 2 N–H and O–H groups in total. The monoisotopic (exact) mass is 306 g/mol. The van der Waals surface area contributed by atoms with Crippen LogP contribution in [0, 0.1) is 27.7 Å². The lowest BCUT2D eigenvalue weighted by atomic mass is 10.1. The Morgan fingerprint density at radius 1 is 0.600 bits per heavy atom. The van der Waals surface area contributed by atoms with E-state index in [1.807, 2.05) is 39.8 Å². The lowest BCUT2D eigenvalue weighted by Crippen LogP contribution is -1.86. The summed E-state index contributed by atoms with van der Waals surface area (Å²) in [5.41, 5.74) is 4.06. The SMILES string of the molecule is Cc1c(O)ccc(SSc2ccc(O)c(C)c2C)c1C. The van der Waals surface area contributed by atoms with E-state index in [1.54, 1.807) is 33.7 Å². The molecule has 0 heterocycles. The minimum Gasteiger partial charge on any atom is -0.508 e. The van der Waals surface area contributed by atoms with E-state index in [1.165, 1.54) is 0 Å². The summed E-state index contributed by atoms with van der Waals surface area (Å²) in [6.45, 7) is 7.89. The van der Waals surface area contributed by atoms with Crippen molar-refractivity contribution in [3.05, 3.63) is 46.5 Å². The van der Waals surface area contributed by atoms with Crippen LogP contribution in [0.1, 0.15) is 22.3 Å². The van der Waals surface area contributed by atoms with E-state index >= 15 is 0 Å². The second-order valence-electron chi connectivity index (χ2n) is 4.83. The van der Waals surface area contributed by atoms with Gasteiger partial charge in [-0.25, -0.2) is 0 Å². The Morgan fingerprint density at radius 3 is 1.30 bits per heavy atom. The van der Waals surface area contributed by atoms with Gasteiger partial charge in [0.05, 0.1) is 0 Å². The molecule has 2 nitrogen and oxygen atoms in total. The molecule has 0 atom stereocenters. The number of aromatic hydroxyl groups is 2. The van der Waals surface area contributed by atoms with Crippen molar-refractivity contribution in [1.82, 2.24) is 0 Å². The van der Waals surface area contributed by atoms with Crippen molar-refractivity contribution in [2.45, 2.75) is 37.5 Å². The Bertz CT molecular complexity index is 594. The van der Waals surface area contributed by atoms with E-state index in [4.69, 9.17) is 0 Å². The van der Waals surface area contributed by atoms with Crippen LogP contribution in [0.4, 0.5) is 0 Å². The van der Waals surface area contributed by atoms with Crippen LogP contribution in [0.3, 0.4) is 0 Å². The van der Waals surface area contributed by atoms with Gasteiger partial charge in [-0.3, -0.25) is 0 Å². The van der Waals surface area contributed by atoms with Crippen molar-refractivity contribution in [2.24, 2.45) is 0 Å². The molecule has 106 valence electrons. The van der Waals surface area contributed by atoms with E-state index in [2.05, 4.69) is 0 Å². The molecule has 0 aliphatic rings. The predicted molar refractivity (Wildman–Crippen MR) is 86.9 cm³/mol. The van der Waals surface area contributed by atoms with Crippen LogP contribution in [0.25, 0.3) is 0 Å². The Kier molecular flexibility index (Phi) is 4.55. The van der Waals surface area contributed by atoms with Gasteiger partial charge in [-0.15, -0.1) is 0 Å². The molecule has 20 heavy (non-hydrogen) atoms. The third kappa shape index (κ3) is 2.91. The van der Waals surface area contributed by atoms with Crippen molar-refractivity contribution in [1.29, 1.82) is 0 Å². The zero-order valence-corrected chi connectivity index (χ0v) is 13.7. The molecule has 0 aromatic heterocycles. The molecule has 0 amide bonds. The molecular weight excluding hydrogens is 288 g/mol. The van der Waals surface area contributed by atoms with Gasteiger partial charge in [-0.2, -0.15) is 0 Å². The minimum absolute atomic E-state index is 0.341. The molecular formula is C16H18O2S2. The highest BCUT2D eigenvalue weighted by atomic mass is 33.1. The molecule has 0 aliphatic heterocycles. The largest absolute Gasteiger partial charge is 0.508 e. The molecule has 0 unspecified atom stereocenters. The fourth-order valence-electron chi connectivity index (χ4n) is 1.83.